The van der Waals surface area contributed by atoms with E-state index < -0.39 is 6.10 Å². The van der Waals surface area contributed by atoms with Crippen LogP contribution in [0.4, 0.5) is 5.69 Å². The number of aliphatic hydroxyl groups excluding tert-OH is 1. The standard InChI is InChI=1S/C10H15NO2/c1-8(12)6-13-7-9-3-2-4-10(11)5-9/h2-5,8,12H,6-7,11H2,1H3. The summed E-state index contributed by atoms with van der Waals surface area (Å²) in [7, 11) is 0. The fraction of sp³-hybridized carbons (Fsp3) is 0.400. The van der Waals surface area contributed by atoms with E-state index in [0.717, 1.165) is 11.3 Å². The van der Waals surface area contributed by atoms with Crippen LogP contribution >= 0.6 is 0 Å². The Hall–Kier alpha value is -1.06. The number of hydrogen-bond donors (Lipinski definition) is 2. The molecule has 0 aliphatic rings. The monoisotopic (exact) mass is 181 g/mol. The lowest BCUT2D eigenvalue weighted by Crippen LogP contribution is -2.10. The summed E-state index contributed by atoms with van der Waals surface area (Å²) in [5.74, 6) is 0. The number of nitrogen functional groups attached to an aromatic ring is 1. The van der Waals surface area contributed by atoms with Crippen molar-refractivity contribution in [3.63, 3.8) is 0 Å². The van der Waals surface area contributed by atoms with Crippen LogP contribution in [0.1, 0.15) is 12.5 Å². The summed E-state index contributed by atoms with van der Waals surface area (Å²) >= 11 is 0. The van der Waals surface area contributed by atoms with Crippen LogP contribution in [-0.2, 0) is 11.3 Å². The van der Waals surface area contributed by atoms with Gasteiger partial charge in [-0.05, 0) is 24.6 Å². The first kappa shape index (κ1) is 10.0. The van der Waals surface area contributed by atoms with Crippen LogP contribution in [0.5, 0.6) is 0 Å². The molecule has 3 heteroatoms. The third kappa shape index (κ3) is 3.92. The first-order chi connectivity index (χ1) is 6.18. The molecule has 0 aliphatic heterocycles. The van der Waals surface area contributed by atoms with Crippen LogP contribution in [0.25, 0.3) is 0 Å². The molecule has 1 unspecified atom stereocenters. The average molecular weight is 181 g/mol. The van der Waals surface area contributed by atoms with E-state index in [1.54, 1.807) is 6.92 Å². The van der Waals surface area contributed by atoms with E-state index in [0.29, 0.717) is 13.2 Å². The lowest BCUT2D eigenvalue weighted by atomic mass is 10.2. The maximum Gasteiger partial charge on any atom is 0.0745 e. The summed E-state index contributed by atoms with van der Waals surface area (Å²) in [6, 6.07) is 7.52. The van der Waals surface area contributed by atoms with Gasteiger partial charge < -0.3 is 15.6 Å². The summed E-state index contributed by atoms with van der Waals surface area (Å²) in [4.78, 5) is 0. The van der Waals surface area contributed by atoms with Crippen LogP contribution < -0.4 is 5.73 Å². The van der Waals surface area contributed by atoms with Crippen molar-refractivity contribution in [2.24, 2.45) is 0 Å². The SMILES string of the molecule is CC(O)COCc1cccc(N)c1. The molecule has 0 radical (unpaired) electrons. The fourth-order valence-electron chi connectivity index (χ4n) is 1.03. The number of rotatable bonds is 4. The molecule has 3 N–H and O–H groups in total. The summed E-state index contributed by atoms with van der Waals surface area (Å²) in [6.45, 7) is 2.55. The Morgan fingerprint density at radius 1 is 1.54 bits per heavy atom. The van der Waals surface area contributed by atoms with E-state index in [-0.39, 0.29) is 0 Å². The molecule has 72 valence electrons. The van der Waals surface area contributed by atoms with Crippen molar-refractivity contribution in [3.8, 4) is 0 Å². The molecule has 0 saturated carbocycles. The molecule has 0 aromatic heterocycles. The quantitative estimate of drug-likeness (QED) is 0.685. The molecule has 0 aliphatic carbocycles. The summed E-state index contributed by atoms with van der Waals surface area (Å²) in [5.41, 5.74) is 7.35. The predicted octanol–water partition coefficient (Wildman–Crippen LogP) is 1.17. The van der Waals surface area contributed by atoms with E-state index in [1.807, 2.05) is 24.3 Å². The van der Waals surface area contributed by atoms with Gasteiger partial charge in [-0.15, -0.1) is 0 Å². The third-order valence-electron chi connectivity index (χ3n) is 1.58. The van der Waals surface area contributed by atoms with Crippen LogP contribution in [0.15, 0.2) is 24.3 Å². The lowest BCUT2D eigenvalue weighted by Gasteiger charge is -2.06. The molecule has 1 atom stereocenters. The highest BCUT2D eigenvalue weighted by atomic mass is 16.5. The molecular formula is C10H15NO2. The highest BCUT2D eigenvalue weighted by Crippen LogP contribution is 2.07. The molecule has 0 heterocycles. The van der Waals surface area contributed by atoms with Gasteiger partial charge in [0.15, 0.2) is 0 Å². The maximum atomic E-state index is 8.94. The van der Waals surface area contributed by atoms with Crippen molar-refractivity contribution in [1.82, 2.24) is 0 Å². The van der Waals surface area contributed by atoms with Crippen molar-refractivity contribution in [2.45, 2.75) is 19.6 Å². The lowest BCUT2D eigenvalue weighted by molar-refractivity contribution is 0.0376. The Kier molecular flexibility index (Phi) is 3.73. The number of nitrogens with two attached hydrogens (primary N) is 1. The summed E-state index contributed by atoms with van der Waals surface area (Å²) < 4.78 is 5.23. The first-order valence-corrected chi connectivity index (χ1v) is 4.28. The number of anilines is 1. The van der Waals surface area contributed by atoms with Gasteiger partial charge in [-0.2, -0.15) is 0 Å². The van der Waals surface area contributed by atoms with Crippen LogP contribution in [0, 0.1) is 0 Å². The minimum atomic E-state index is -0.416. The molecule has 0 amide bonds. The predicted molar refractivity (Wildman–Crippen MR) is 52.2 cm³/mol. The van der Waals surface area contributed by atoms with Crippen LogP contribution in [-0.4, -0.2) is 17.8 Å². The van der Waals surface area contributed by atoms with Crippen molar-refractivity contribution < 1.29 is 9.84 Å². The number of ether oxygens (including phenoxy) is 1. The van der Waals surface area contributed by atoms with Crippen molar-refractivity contribution >= 4 is 5.69 Å². The second-order valence-corrected chi connectivity index (χ2v) is 3.11. The van der Waals surface area contributed by atoms with Crippen molar-refractivity contribution in [1.29, 1.82) is 0 Å². The molecule has 1 aromatic rings. The molecule has 0 bridgehead atoms. The molecular weight excluding hydrogens is 166 g/mol. The van der Waals surface area contributed by atoms with Gasteiger partial charge in [-0.3, -0.25) is 0 Å². The maximum absolute atomic E-state index is 8.94. The molecule has 3 nitrogen and oxygen atoms in total. The van der Waals surface area contributed by atoms with E-state index in [1.165, 1.54) is 0 Å². The number of hydrogen-bond acceptors (Lipinski definition) is 3. The molecule has 1 rings (SSSR count). The third-order valence-corrected chi connectivity index (χ3v) is 1.58. The van der Waals surface area contributed by atoms with E-state index >= 15 is 0 Å². The van der Waals surface area contributed by atoms with Gasteiger partial charge in [-0.1, -0.05) is 12.1 Å². The zero-order valence-corrected chi connectivity index (χ0v) is 7.73. The zero-order chi connectivity index (χ0) is 9.68. The molecule has 1 aromatic carbocycles. The Balaban J connectivity index is 2.37. The van der Waals surface area contributed by atoms with Gasteiger partial charge in [0.05, 0.1) is 19.3 Å². The van der Waals surface area contributed by atoms with Gasteiger partial charge in [0.1, 0.15) is 0 Å². The number of aliphatic hydroxyl groups is 1. The summed E-state index contributed by atoms with van der Waals surface area (Å²) in [5, 5.41) is 8.94. The molecule has 0 spiro atoms. The largest absolute Gasteiger partial charge is 0.399 e. The first-order valence-electron chi connectivity index (χ1n) is 4.28. The highest BCUT2D eigenvalue weighted by Gasteiger charge is 1.96. The molecule has 0 fully saturated rings. The smallest absolute Gasteiger partial charge is 0.0745 e. The summed E-state index contributed by atoms with van der Waals surface area (Å²) in [6.07, 6.45) is -0.416. The minimum absolute atomic E-state index is 0.356. The number of benzene rings is 1. The van der Waals surface area contributed by atoms with E-state index in [9.17, 15) is 0 Å². The Bertz CT molecular complexity index is 261. The molecule has 13 heavy (non-hydrogen) atoms. The van der Waals surface area contributed by atoms with Gasteiger partial charge in [0, 0.05) is 5.69 Å². The Morgan fingerprint density at radius 2 is 2.31 bits per heavy atom. The van der Waals surface area contributed by atoms with E-state index in [2.05, 4.69) is 0 Å². The van der Waals surface area contributed by atoms with Crippen LogP contribution in [0.3, 0.4) is 0 Å². The Morgan fingerprint density at radius 3 is 2.92 bits per heavy atom. The Labute approximate surface area is 78.1 Å². The van der Waals surface area contributed by atoms with Gasteiger partial charge in [0.25, 0.3) is 0 Å². The fourth-order valence-corrected chi connectivity index (χ4v) is 1.03. The second-order valence-electron chi connectivity index (χ2n) is 3.11. The zero-order valence-electron chi connectivity index (χ0n) is 7.73. The second kappa shape index (κ2) is 4.84. The average Bonchev–Trinajstić information content (AvgIpc) is 2.03. The van der Waals surface area contributed by atoms with E-state index in [4.69, 9.17) is 15.6 Å². The van der Waals surface area contributed by atoms with Crippen molar-refractivity contribution in [3.05, 3.63) is 29.8 Å². The highest BCUT2D eigenvalue weighted by molar-refractivity contribution is 5.40. The minimum Gasteiger partial charge on any atom is -0.399 e. The van der Waals surface area contributed by atoms with Gasteiger partial charge in [0.2, 0.25) is 0 Å². The van der Waals surface area contributed by atoms with Crippen LogP contribution in [0.2, 0.25) is 0 Å². The van der Waals surface area contributed by atoms with Gasteiger partial charge >= 0.3 is 0 Å². The normalized spacial score (nSPS) is 12.8. The topological polar surface area (TPSA) is 55.5 Å². The molecule has 0 saturated heterocycles. The van der Waals surface area contributed by atoms with Crippen molar-refractivity contribution in [2.75, 3.05) is 12.3 Å². The van der Waals surface area contributed by atoms with Gasteiger partial charge in [-0.25, -0.2) is 0 Å².